The molecule has 4 nitrogen and oxygen atoms in total. The van der Waals surface area contributed by atoms with Crippen molar-refractivity contribution in [3.63, 3.8) is 0 Å². The molecule has 0 spiro atoms. The molecule has 2 aromatic rings. The fourth-order valence-electron chi connectivity index (χ4n) is 2.93. The molecule has 1 aliphatic rings. The quantitative estimate of drug-likeness (QED) is 0.878. The van der Waals surface area contributed by atoms with Crippen LogP contribution in [0.1, 0.15) is 5.56 Å². The lowest BCUT2D eigenvalue weighted by Gasteiger charge is -2.32. The first-order valence-electron chi connectivity index (χ1n) is 8.35. The molecule has 1 N–H and O–H groups in total. The summed E-state index contributed by atoms with van der Waals surface area (Å²) in [6.07, 6.45) is 0. The maximum absolute atomic E-state index is 13.7. The van der Waals surface area contributed by atoms with Gasteiger partial charge in [-0.05, 0) is 30.3 Å². The fraction of sp³-hybridized carbons (Fsp3) is 0.316. The van der Waals surface area contributed by atoms with E-state index in [4.69, 9.17) is 16.3 Å². The number of piperazine rings is 1. The Hall–Kier alpha value is -2.11. The van der Waals surface area contributed by atoms with Gasteiger partial charge in [-0.3, -0.25) is 4.79 Å². The molecule has 1 amide bonds. The monoisotopic (exact) mass is 363 g/mol. The number of rotatable bonds is 5. The van der Waals surface area contributed by atoms with Gasteiger partial charge in [0.1, 0.15) is 18.1 Å². The van der Waals surface area contributed by atoms with E-state index in [0.29, 0.717) is 30.4 Å². The first-order chi connectivity index (χ1) is 12.1. The van der Waals surface area contributed by atoms with Crippen LogP contribution in [0.3, 0.4) is 0 Å². The molecular weight excluding hydrogens is 343 g/mol. The second kappa shape index (κ2) is 8.32. The van der Waals surface area contributed by atoms with E-state index in [9.17, 15) is 9.18 Å². The number of carbonyl (C=O) groups is 1. The van der Waals surface area contributed by atoms with Gasteiger partial charge in [-0.15, -0.1) is 0 Å². The molecular formula is C19H21ClFN2O2+. The molecule has 0 atom stereocenters. The zero-order valence-corrected chi connectivity index (χ0v) is 14.6. The lowest BCUT2D eigenvalue weighted by atomic mass is 10.2. The van der Waals surface area contributed by atoms with Crippen molar-refractivity contribution in [1.29, 1.82) is 0 Å². The number of ether oxygens (including phenoxy) is 1. The Bertz CT molecular complexity index is 716. The van der Waals surface area contributed by atoms with Gasteiger partial charge < -0.3 is 14.5 Å². The molecule has 2 aromatic carbocycles. The van der Waals surface area contributed by atoms with E-state index in [1.807, 2.05) is 12.1 Å². The molecule has 25 heavy (non-hydrogen) atoms. The van der Waals surface area contributed by atoms with Crippen LogP contribution in [0.5, 0.6) is 5.75 Å². The number of hydrogen-bond donors (Lipinski definition) is 1. The highest BCUT2D eigenvalue weighted by Gasteiger charge is 2.24. The van der Waals surface area contributed by atoms with Crippen molar-refractivity contribution < 1.29 is 18.8 Å². The highest BCUT2D eigenvalue weighted by Crippen LogP contribution is 2.15. The number of carbonyl (C=O) groups excluding carboxylic acids is 1. The van der Waals surface area contributed by atoms with Gasteiger partial charge >= 0.3 is 0 Å². The number of nitrogens with zero attached hydrogens (tertiary/aromatic N) is 1. The molecule has 0 bridgehead atoms. The van der Waals surface area contributed by atoms with Gasteiger partial charge in [0.05, 0.1) is 26.2 Å². The minimum Gasteiger partial charge on any atom is -0.484 e. The molecule has 1 fully saturated rings. The van der Waals surface area contributed by atoms with Crippen molar-refractivity contribution in [2.24, 2.45) is 0 Å². The standard InChI is InChI=1S/C19H20ClFN2O2/c20-16-5-7-17(8-6-16)25-14-19(24)23-11-9-22(10-12-23)13-15-3-1-2-4-18(15)21/h1-8H,9-14H2/p+1. The van der Waals surface area contributed by atoms with Crippen molar-refractivity contribution in [2.75, 3.05) is 32.8 Å². The Morgan fingerprint density at radius 3 is 2.48 bits per heavy atom. The highest BCUT2D eigenvalue weighted by molar-refractivity contribution is 6.30. The molecule has 0 unspecified atom stereocenters. The molecule has 0 saturated carbocycles. The number of hydrogen-bond acceptors (Lipinski definition) is 2. The largest absolute Gasteiger partial charge is 0.484 e. The summed E-state index contributed by atoms with van der Waals surface area (Å²) in [5, 5.41) is 0.632. The summed E-state index contributed by atoms with van der Waals surface area (Å²) in [6.45, 7) is 3.60. The first-order valence-corrected chi connectivity index (χ1v) is 8.73. The third-order valence-corrected chi connectivity index (χ3v) is 4.65. The normalized spacial score (nSPS) is 15.2. The zero-order valence-electron chi connectivity index (χ0n) is 13.9. The molecule has 3 rings (SSSR count). The van der Waals surface area contributed by atoms with Crippen LogP contribution in [0.2, 0.25) is 5.02 Å². The molecule has 0 aliphatic carbocycles. The molecule has 0 aromatic heterocycles. The average Bonchev–Trinajstić information content (AvgIpc) is 2.63. The van der Waals surface area contributed by atoms with Crippen molar-refractivity contribution in [3.05, 3.63) is 64.9 Å². The van der Waals surface area contributed by atoms with Gasteiger partial charge in [0.25, 0.3) is 5.91 Å². The molecule has 1 heterocycles. The number of benzene rings is 2. The predicted molar refractivity (Wildman–Crippen MR) is 94.3 cm³/mol. The highest BCUT2D eigenvalue weighted by atomic mass is 35.5. The van der Waals surface area contributed by atoms with E-state index in [1.165, 1.54) is 11.0 Å². The maximum atomic E-state index is 13.7. The van der Waals surface area contributed by atoms with E-state index < -0.39 is 0 Å². The Morgan fingerprint density at radius 2 is 1.80 bits per heavy atom. The van der Waals surface area contributed by atoms with E-state index in [-0.39, 0.29) is 18.3 Å². The van der Waals surface area contributed by atoms with E-state index in [1.54, 1.807) is 35.2 Å². The third-order valence-electron chi connectivity index (χ3n) is 4.40. The van der Waals surface area contributed by atoms with Crippen LogP contribution < -0.4 is 9.64 Å². The van der Waals surface area contributed by atoms with Gasteiger partial charge in [0.15, 0.2) is 6.61 Å². The molecule has 1 saturated heterocycles. The first kappa shape index (κ1) is 17.7. The number of halogens is 2. The van der Waals surface area contributed by atoms with Crippen molar-refractivity contribution >= 4 is 17.5 Å². The fourth-order valence-corrected chi connectivity index (χ4v) is 3.05. The minimum absolute atomic E-state index is 0.0181. The topological polar surface area (TPSA) is 34.0 Å². The van der Waals surface area contributed by atoms with Gasteiger partial charge in [-0.1, -0.05) is 29.8 Å². The molecule has 1 aliphatic heterocycles. The summed E-state index contributed by atoms with van der Waals surface area (Å²) >= 11 is 5.82. The van der Waals surface area contributed by atoms with Crippen molar-refractivity contribution in [3.8, 4) is 5.75 Å². The second-order valence-electron chi connectivity index (χ2n) is 6.14. The van der Waals surface area contributed by atoms with Crippen LogP contribution in [-0.4, -0.2) is 43.6 Å². The van der Waals surface area contributed by atoms with Gasteiger partial charge in [-0.2, -0.15) is 0 Å². The number of nitrogens with one attached hydrogen (secondary N) is 1. The average molecular weight is 364 g/mol. The van der Waals surface area contributed by atoms with Crippen molar-refractivity contribution in [2.45, 2.75) is 6.54 Å². The molecule has 0 radical (unpaired) electrons. The van der Waals surface area contributed by atoms with Crippen LogP contribution in [-0.2, 0) is 11.3 Å². The Morgan fingerprint density at radius 1 is 1.12 bits per heavy atom. The second-order valence-corrected chi connectivity index (χ2v) is 6.58. The van der Waals surface area contributed by atoms with Crippen LogP contribution in [0.25, 0.3) is 0 Å². The summed E-state index contributed by atoms with van der Waals surface area (Å²) in [7, 11) is 0. The zero-order chi connectivity index (χ0) is 17.6. The maximum Gasteiger partial charge on any atom is 0.260 e. The summed E-state index contributed by atoms with van der Waals surface area (Å²) in [6, 6.07) is 13.8. The number of amides is 1. The van der Waals surface area contributed by atoms with Crippen LogP contribution in [0, 0.1) is 5.82 Å². The summed E-state index contributed by atoms with van der Waals surface area (Å²) in [4.78, 5) is 15.4. The van der Waals surface area contributed by atoms with E-state index in [0.717, 1.165) is 18.7 Å². The third kappa shape index (κ3) is 4.94. The van der Waals surface area contributed by atoms with Gasteiger partial charge in [0, 0.05) is 10.6 Å². The Balaban J connectivity index is 1.44. The number of quaternary nitrogens is 1. The SMILES string of the molecule is O=C(COc1ccc(Cl)cc1)N1CC[NH+](Cc2ccccc2F)CC1. The summed E-state index contributed by atoms with van der Waals surface area (Å²) in [5.41, 5.74) is 0.725. The Kier molecular flexibility index (Phi) is 5.89. The molecule has 6 heteroatoms. The summed E-state index contributed by atoms with van der Waals surface area (Å²) < 4.78 is 19.2. The smallest absolute Gasteiger partial charge is 0.260 e. The van der Waals surface area contributed by atoms with Crippen LogP contribution in [0.15, 0.2) is 48.5 Å². The van der Waals surface area contributed by atoms with E-state index in [2.05, 4.69) is 0 Å². The van der Waals surface area contributed by atoms with E-state index >= 15 is 0 Å². The summed E-state index contributed by atoms with van der Waals surface area (Å²) in [5.74, 6) is 0.436. The predicted octanol–water partition coefficient (Wildman–Crippen LogP) is 1.79. The lowest BCUT2D eigenvalue weighted by molar-refractivity contribution is -0.917. The molecule has 132 valence electrons. The lowest BCUT2D eigenvalue weighted by Crippen LogP contribution is -3.13. The van der Waals surface area contributed by atoms with Gasteiger partial charge in [-0.25, -0.2) is 4.39 Å². The van der Waals surface area contributed by atoms with Crippen molar-refractivity contribution in [1.82, 2.24) is 4.90 Å². The Labute approximate surface area is 151 Å². The van der Waals surface area contributed by atoms with Crippen LogP contribution >= 0.6 is 11.6 Å². The van der Waals surface area contributed by atoms with Crippen LogP contribution in [0.4, 0.5) is 4.39 Å². The van der Waals surface area contributed by atoms with Gasteiger partial charge in [0.2, 0.25) is 0 Å². The minimum atomic E-state index is -0.162.